The minimum Gasteiger partial charge on any atom is -0.422 e. The van der Waals surface area contributed by atoms with Crippen LogP contribution in [0.3, 0.4) is 0 Å². The molecule has 4 aromatic carbocycles. The van der Waals surface area contributed by atoms with E-state index in [2.05, 4.69) is 0 Å². The van der Waals surface area contributed by atoms with Crippen LogP contribution in [-0.2, 0) is 9.59 Å². The fourth-order valence-electron chi connectivity index (χ4n) is 7.50. The van der Waals surface area contributed by atoms with Crippen molar-refractivity contribution in [2.75, 3.05) is 6.54 Å². The molecule has 3 amide bonds. The van der Waals surface area contributed by atoms with E-state index < -0.39 is 64.6 Å². The number of imide groups is 1. The number of Topliss-reactive ketones (excluding diaryl/α,β-unsaturated/α-hetero) is 1. The van der Waals surface area contributed by atoms with Crippen molar-refractivity contribution in [2.45, 2.75) is 11.8 Å². The van der Waals surface area contributed by atoms with E-state index in [9.17, 15) is 34.1 Å². The number of thiophene rings is 1. The maximum Gasteiger partial charge on any atom is 0.353 e. The van der Waals surface area contributed by atoms with E-state index in [-0.39, 0.29) is 22.6 Å². The number of rotatable bonds is 8. The summed E-state index contributed by atoms with van der Waals surface area (Å²) in [6, 6.07) is 29.2. The summed E-state index contributed by atoms with van der Waals surface area (Å²) in [5.74, 6) is -5.49. The van der Waals surface area contributed by atoms with Gasteiger partial charge in [0.25, 0.3) is 23.4 Å². The van der Waals surface area contributed by atoms with Crippen LogP contribution in [0.1, 0.15) is 64.5 Å². The van der Waals surface area contributed by atoms with E-state index in [0.29, 0.717) is 4.88 Å². The van der Waals surface area contributed by atoms with Crippen LogP contribution in [0.15, 0.2) is 115 Å². The highest BCUT2D eigenvalue weighted by Gasteiger charge is 2.63. The van der Waals surface area contributed by atoms with Gasteiger partial charge in [0.1, 0.15) is 17.2 Å². The summed E-state index contributed by atoms with van der Waals surface area (Å²) in [5.41, 5.74) is 3.63. The second-order valence-corrected chi connectivity index (χ2v) is 13.2. The van der Waals surface area contributed by atoms with E-state index in [1.807, 2.05) is 48.5 Å². The van der Waals surface area contributed by atoms with Gasteiger partial charge in [-0.3, -0.25) is 29.3 Å². The van der Waals surface area contributed by atoms with Crippen LogP contribution in [0.25, 0.3) is 0 Å². The lowest BCUT2D eigenvalue weighted by Gasteiger charge is -2.45. The van der Waals surface area contributed by atoms with Crippen molar-refractivity contribution < 1.29 is 33.6 Å². The highest BCUT2D eigenvalue weighted by molar-refractivity contribution is 7.12. The van der Waals surface area contributed by atoms with Crippen molar-refractivity contribution in [3.8, 4) is 5.75 Å². The number of benzene rings is 4. The summed E-state index contributed by atoms with van der Waals surface area (Å²) in [7, 11) is 0. The Labute approximate surface area is 288 Å². The molecule has 2 bridgehead atoms. The Kier molecular flexibility index (Phi) is 7.45. The molecule has 0 saturated carbocycles. The summed E-state index contributed by atoms with van der Waals surface area (Å²) >= 11 is 1.23. The normalized spacial score (nSPS) is 19.7. The minimum absolute atomic E-state index is 0.0516. The van der Waals surface area contributed by atoms with Crippen LogP contribution in [0.2, 0.25) is 0 Å². The van der Waals surface area contributed by atoms with E-state index in [0.717, 1.165) is 44.4 Å². The quantitative estimate of drug-likeness (QED) is 0.0483. The Balaban J connectivity index is 1.14. The number of amides is 3. The third-order valence-electron chi connectivity index (χ3n) is 9.63. The molecule has 1 saturated heterocycles. The Hall–Kier alpha value is -6.27. The van der Waals surface area contributed by atoms with Crippen molar-refractivity contribution in [1.82, 2.24) is 10.0 Å². The minimum atomic E-state index is -0.850. The number of esters is 1. The molecular formula is C38H25N3O8S. The second kappa shape index (κ2) is 12.0. The Morgan fingerprint density at radius 3 is 1.72 bits per heavy atom. The maximum atomic E-state index is 14.5. The molecule has 246 valence electrons. The van der Waals surface area contributed by atoms with Crippen molar-refractivity contribution in [3.63, 3.8) is 0 Å². The zero-order chi connectivity index (χ0) is 34.7. The van der Waals surface area contributed by atoms with Crippen LogP contribution in [0.4, 0.5) is 5.69 Å². The molecular weight excluding hydrogens is 658 g/mol. The van der Waals surface area contributed by atoms with Crippen LogP contribution < -0.4 is 4.74 Å². The van der Waals surface area contributed by atoms with Crippen molar-refractivity contribution in [2.24, 2.45) is 11.8 Å². The predicted molar refractivity (Wildman–Crippen MR) is 180 cm³/mol. The molecule has 1 aromatic heterocycles. The molecule has 11 nitrogen and oxygen atoms in total. The first-order chi connectivity index (χ1) is 24.2. The van der Waals surface area contributed by atoms with Crippen LogP contribution in [0, 0.1) is 22.0 Å². The van der Waals surface area contributed by atoms with Gasteiger partial charge in [0.05, 0.1) is 16.8 Å². The van der Waals surface area contributed by atoms with Gasteiger partial charge >= 0.3 is 5.97 Å². The van der Waals surface area contributed by atoms with Crippen LogP contribution in [0.5, 0.6) is 5.75 Å². The number of nitro groups is 1. The second-order valence-electron chi connectivity index (χ2n) is 12.2. The lowest BCUT2D eigenvalue weighted by molar-refractivity contribution is -0.384. The first kappa shape index (κ1) is 31.0. The molecule has 12 heteroatoms. The molecule has 2 heterocycles. The molecule has 1 fully saturated rings. The number of non-ortho nitro benzene ring substituents is 1. The fourth-order valence-corrected chi connectivity index (χ4v) is 8.09. The lowest BCUT2D eigenvalue weighted by Crippen LogP contribution is -2.52. The van der Waals surface area contributed by atoms with E-state index in [1.165, 1.54) is 47.7 Å². The molecule has 3 aliphatic carbocycles. The van der Waals surface area contributed by atoms with Gasteiger partial charge in [-0.25, -0.2) is 9.80 Å². The highest BCUT2D eigenvalue weighted by atomic mass is 32.1. The number of hydrazine groups is 1. The summed E-state index contributed by atoms with van der Waals surface area (Å²) < 4.78 is 5.39. The third-order valence-corrected chi connectivity index (χ3v) is 10.5. The molecule has 4 aliphatic rings. The molecule has 0 spiro atoms. The number of nitro benzene ring substituents is 1. The standard InChI is InChI=1S/C38H25N3O8S/c42-29(21-13-17-24(18-14-21)49-38(46)30-10-5-19-50-30)20-39(35(43)22-11-15-23(16-12-22)41(47)48)40-36(44)33-31-25-6-1-2-7-26(25)32(34(33)37(40)45)28-9-4-3-8-27(28)31/h1-19,31-34H,20H2/t31?,32?,33-,34-/m0/s1. The smallest absolute Gasteiger partial charge is 0.353 e. The number of nitrogens with zero attached hydrogens (tertiary/aromatic N) is 3. The molecule has 1 aliphatic heterocycles. The van der Waals surface area contributed by atoms with E-state index in [1.54, 1.807) is 17.5 Å². The maximum absolute atomic E-state index is 14.5. The number of carbonyl (C=O) groups excluding carboxylic acids is 5. The molecule has 5 aromatic rings. The first-order valence-corrected chi connectivity index (χ1v) is 16.6. The summed E-state index contributed by atoms with van der Waals surface area (Å²) in [5, 5.41) is 14.7. The average molecular weight is 684 g/mol. The predicted octanol–water partition coefficient (Wildman–Crippen LogP) is 6.01. The van der Waals surface area contributed by atoms with Crippen molar-refractivity contribution >= 4 is 46.5 Å². The molecule has 0 unspecified atom stereocenters. The van der Waals surface area contributed by atoms with Gasteiger partial charge in [0.2, 0.25) is 0 Å². The monoisotopic (exact) mass is 683 g/mol. The highest BCUT2D eigenvalue weighted by Crippen LogP contribution is 2.61. The number of ether oxygens (including phenoxy) is 1. The third kappa shape index (κ3) is 4.91. The lowest BCUT2D eigenvalue weighted by atomic mass is 9.55. The van der Waals surface area contributed by atoms with Gasteiger partial charge in [-0.05, 0) is 70.1 Å². The SMILES string of the molecule is O=C(CN(C(=O)c1ccc([N+](=O)[O-])cc1)N1C(=O)[C@H]2C3c4ccccc4C(c4ccccc43)[C@@H]2C1=O)c1ccc(OC(=O)c2cccs2)cc1. The zero-order valence-corrected chi connectivity index (χ0v) is 26.8. The zero-order valence-electron chi connectivity index (χ0n) is 26.0. The van der Waals surface area contributed by atoms with Gasteiger partial charge in [0.15, 0.2) is 5.78 Å². The molecule has 9 rings (SSSR count). The number of hydrogen-bond donors (Lipinski definition) is 0. The number of ketones is 1. The molecule has 0 N–H and O–H groups in total. The Bertz CT molecular complexity index is 2120. The Morgan fingerprint density at radius 2 is 1.24 bits per heavy atom. The molecule has 0 radical (unpaired) electrons. The van der Waals surface area contributed by atoms with Crippen LogP contribution >= 0.6 is 11.3 Å². The van der Waals surface area contributed by atoms with Gasteiger partial charge in [0, 0.05) is 35.1 Å². The number of carbonyl (C=O) groups is 5. The summed E-state index contributed by atoms with van der Waals surface area (Å²) in [6.07, 6.45) is 0. The first-order valence-electron chi connectivity index (χ1n) is 15.7. The number of hydrogen-bond acceptors (Lipinski definition) is 9. The van der Waals surface area contributed by atoms with Gasteiger partial charge < -0.3 is 4.74 Å². The molecule has 50 heavy (non-hydrogen) atoms. The van der Waals surface area contributed by atoms with Gasteiger partial charge in [-0.15, -0.1) is 11.3 Å². The summed E-state index contributed by atoms with van der Waals surface area (Å²) in [6.45, 7) is -0.684. The van der Waals surface area contributed by atoms with Crippen molar-refractivity contribution in [3.05, 3.63) is 163 Å². The largest absolute Gasteiger partial charge is 0.422 e. The average Bonchev–Trinajstić information content (AvgIpc) is 3.78. The van der Waals surface area contributed by atoms with E-state index >= 15 is 0 Å². The molecule has 2 atom stereocenters. The Morgan fingerprint density at radius 1 is 0.720 bits per heavy atom. The fraction of sp³-hybridized carbons (Fsp3) is 0.132. The van der Waals surface area contributed by atoms with Gasteiger partial charge in [-0.2, -0.15) is 5.01 Å². The topological polar surface area (TPSA) is 144 Å². The van der Waals surface area contributed by atoms with Crippen molar-refractivity contribution in [1.29, 1.82) is 0 Å². The van der Waals surface area contributed by atoms with E-state index in [4.69, 9.17) is 4.74 Å². The van der Waals surface area contributed by atoms with Crippen LogP contribution in [-0.4, -0.2) is 51.0 Å². The van der Waals surface area contributed by atoms with Gasteiger partial charge in [-0.1, -0.05) is 54.6 Å². The summed E-state index contributed by atoms with van der Waals surface area (Å²) in [4.78, 5) is 80.5.